The van der Waals surface area contributed by atoms with Crippen LogP contribution in [0.4, 0.5) is 14.5 Å². The predicted molar refractivity (Wildman–Crippen MR) is 95.0 cm³/mol. The van der Waals surface area contributed by atoms with Crippen molar-refractivity contribution >= 4 is 17.6 Å². The lowest BCUT2D eigenvalue weighted by Crippen LogP contribution is -2.30. The first-order valence-electron chi connectivity index (χ1n) is 8.39. The standard InChI is InChI=1S/C20H21F2NO3/c1-4-12(2)15-7-5-6-8-18(15)23-19(24)13(3)26-20(25)16-10-9-14(21)11-17(16)22/h5-13H,4H2,1-3H3,(H,23,24)/t12-,13+/m0/s1. The van der Waals surface area contributed by atoms with Gasteiger partial charge in [0.1, 0.15) is 11.6 Å². The van der Waals surface area contributed by atoms with Crippen molar-refractivity contribution in [1.82, 2.24) is 0 Å². The molecule has 0 aromatic heterocycles. The van der Waals surface area contributed by atoms with E-state index in [1.165, 1.54) is 6.92 Å². The lowest BCUT2D eigenvalue weighted by atomic mass is 9.97. The molecule has 4 nitrogen and oxygen atoms in total. The maximum absolute atomic E-state index is 13.6. The highest BCUT2D eigenvalue weighted by Crippen LogP contribution is 2.26. The van der Waals surface area contributed by atoms with Crippen LogP contribution < -0.4 is 5.32 Å². The molecular weight excluding hydrogens is 340 g/mol. The van der Waals surface area contributed by atoms with Crippen LogP contribution in [-0.2, 0) is 9.53 Å². The van der Waals surface area contributed by atoms with Gasteiger partial charge in [0, 0.05) is 11.8 Å². The monoisotopic (exact) mass is 361 g/mol. The number of amides is 1. The van der Waals surface area contributed by atoms with Crippen molar-refractivity contribution in [2.24, 2.45) is 0 Å². The third kappa shape index (κ3) is 4.65. The van der Waals surface area contributed by atoms with E-state index in [9.17, 15) is 18.4 Å². The summed E-state index contributed by atoms with van der Waals surface area (Å²) in [5, 5.41) is 2.74. The number of anilines is 1. The van der Waals surface area contributed by atoms with Gasteiger partial charge in [0.25, 0.3) is 5.91 Å². The molecule has 0 aliphatic carbocycles. The Bertz CT molecular complexity index is 807. The van der Waals surface area contributed by atoms with Gasteiger partial charge >= 0.3 is 5.97 Å². The average molecular weight is 361 g/mol. The molecule has 26 heavy (non-hydrogen) atoms. The number of para-hydroxylation sites is 1. The van der Waals surface area contributed by atoms with Gasteiger partial charge in [0.05, 0.1) is 5.56 Å². The van der Waals surface area contributed by atoms with Crippen molar-refractivity contribution in [3.8, 4) is 0 Å². The Hall–Kier alpha value is -2.76. The minimum absolute atomic E-state index is 0.248. The molecule has 0 radical (unpaired) electrons. The van der Waals surface area contributed by atoms with E-state index >= 15 is 0 Å². The van der Waals surface area contributed by atoms with Crippen LogP contribution >= 0.6 is 0 Å². The summed E-state index contributed by atoms with van der Waals surface area (Å²) in [5.41, 5.74) is 1.19. The van der Waals surface area contributed by atoms with Crippen molar-refractivity contribution in [2.75, 3.05) is 5.32 Å². The van der Waals surface area contributed by atoms with Gasteiger partial charge < -0.3 is 10.1 Å². The summed E-state index contributed by atoms with van der Waals surface area (Å²) in [5.74, 6) is -3.15. The highest BCUT2D eigenvalue weighted by Gasteiger charge is 2.22. The molecule has 0 aliphatic rings. The quantitative estimate of drug-likeness (QED) is 0.761. The number of hydrogen-bond donors (Lipinski definition) is 1. The summed E-state index contributed by atoms with van der Waals surface area (Å²) in [6.07, 6.45) is -0.238. The molecule has 1 amide bonds. The van der Waals surface area contributed by atoms with E-state index < -0.39 is 35.2 Å². The van der Waals surface area contributed by atoms with Gasteiger partial charge in [0.2, 0.25) is 0 Å². The maximum Gasteiger partial charge on any atom is 0.341 e. The summed E-state index contributed by atoms with van der Waals surface area (Å²) in [6.45, 7) is 5.48. The SMILES string of the molecule is CC[C@H](C)c1ccccc1NC(=O)[C@@H](C)OC(=O)c1ccc(F)cc1F. The molecule has 0 saturated heterocycles. The lowest BCUT2D eigenvalue weighted by Gasteiger charge is -2.18. The lowest BCUT2D eigenvalue weighted by molar-refractivity contribution is -0.123. The Morgan fingerprint density at radius 3 is 2.46 bits per heavy atom. The third-order valence-electron chi connectivity index (χ3n) is 4.17. The van der Waals surface area contributed by atoms with Crippen LogP contribution in [-0.4, -0.2) is 18.0 Å². The fourth-order valence-corrected chi connectivity index (χ4v) is 2.43. The minimum Gasteiger partial charge on any atom is -0.449 e. The van der Waals surface area contributed by atoms with Crippen molar-refractivity contribution in [3.63, 3.8) is 0 Å². The molecule has 0 saturated carbocycles. The molecule has 0 unspecified atom stereocenters. The highest BCUT2D eigenvalue weighted by atomic mass is 19.1. The molecule has 0 spiro atoms. The summed E-state index contributed by atoms with van der Waals surface area (Å²) in [7, 11) is 0. The number of hydrogen-bond acceptors (Lipinski definition) is 3. The maximum atomic E-state index is 13.6. The normalized spacial score (nSPS) is 13.0. The summed E-state index contributed by atoms with van der Waals surface area (Å²) < 4.78 is 31.6. The zero-order valence-corrected chi connectivity index (χ0v) is 14.9. The van der Waals surface area contributed by atoms with E-state index in [0.29, 0.717) is 11.8 Å². The minimum atomic E-state index is -1.14. The second-order valence-electron chi connectivity index (χ2n) is 6.06. The number of esters is 1. The third-order valence-corrected chi connectivity index (χ3v) is 4.17. The molecule has 0 fully saturated rings. The van der Waals surface area contributed by atoms with Crippen LogP contribution in [0.3, 0.4) is 0 Å². The van der Waals surface area contributed by atoms with Crippen LogP contribution in [0, 0.1) is 11.6 Å². The van der Waals surface area contributed by atoms with Crippen LogP contribution in [0.25, 0.3) is 0 Å². The Balaban J connectivity index is 2.07. The van der Waals surface area contributed by atoms with Crippen LogP contribution in [0.2, 0.25) is 0 Å². The van der Waals surface area contributed by atoms with E-state index in [-0.39, 0.29) is 5.92 Å². The number of halogens is 2. The number of nitrogens with one attached hydrogen (secondary N) is 1. The predicted octanol–water partition coefficient (Wildman–Crippen LogP) is 4.66. The van der Waals surface area contributed by atoms with Gasteiger partial charge in [-0.15, -0.1) is 0 Å². The van der Waals surface area contributed by atoms with Gasteiger partial charge in [-0.2, -0.15) is 0 Å². The topological polar surface area (TPSA) is 55.4 Å². The van der Waals surface area contributed by atoms with E-state index in [2.05, 4.69) is 5.32 Å². The van der Waals surface area contributed by atoms with E-state index in [1.807, 2.05) is 26.0 Å². The number of ether oxygens (including phenoxy) is 1. The number of carbonyl (C=O) groups excluding carboxylic acids is 2. The Morgan fingerprint density at radius 2 is 1.81 bits per heavy atom. The molecule has 6 heteroatoms. The fraction of sp³-hybridized carbons (Fsp3) is 0.300. The summed E-state index contributed by atoms with van der Waals surface area (Å²) >= 11 is 0. The Kier molecular flexibility index (Phi) is 6.44. The number of rotatable bonds is 6. The fourth-order valence-electron chi connectivity index (χ4n) is 2.43. The molecule has 2 atom stereocenters. The van der Waals surface area contributed by atoms with Gasteiger partial charge in [0.15, 0.2) is 6.10 Å². The first-order valence-corrected chi connectivity index (χ1v) is 8.39. The molecule has 2 aromatic rings. The van der Waals surface area contributed by atoms with Gasteiger partial charge in [-0.05, 0) is 43.0 Å². The van der Waals surface area contributed by atoms with Crippen molar-refractivity contribution in [1.29, 1.82) is 0 Å². The first-order chi connectivity index (χ1) is 12.3. The zero-order valence-electron chi connectivity index (χ0n) is 14.9. The largest absolute Gasteiger partial charge is 0.449 e. The van der Waals surface area contributed by atoms with Gasteiger partial charge in [-0.3, -0.25) is 4.79 Å². The zero-order chi connectivity index (χ0) is 19.3. The second-order valence-corrected chi connectivity index (χ2v) is 6.06. The molecular formula is C20H21F2NO3. The Morgan fingerprint density at radius 1 is 1.12 bits per heavy atom. The average Bonchev–Trinajstić information content (AvgIpc) is 2.61. The van der Waals surface area contributed by atoms with Crippen molar-refractivity contribution in [2.45, 2.75) is 39.2 Å². The molecule has 0 aliphatic heterocycles. The van der Waals surface area contributed by atoms with Gasteiger partial charge in [-0.25, -0.2) is 13.6 Å². The summed E-state index contributed by atoms with van der Waals surface area (Å²) in [6, 6.07) is 9.90. The molecule has 2 rings (SSSR count). The second kappa shape index (κ2) is 8.56. The number of benzene rings is 2. The van der Waals surface area contributed by atoms with E-state index in [4.69, 9.17) is 4.74 Å². The van der Waals surface area contributed by atoms with Crippen molar-refractivity contribution < 1.29 is 23.1 Å². The Labute approximate surface area is 151 Å². The van der Waals surface area contributed by atoms with Gasteiger partial charge in [-0.1, -0.05) is 32.0 Å². The van der Waals surface area contributed by atoms with E-state index in [0.717, 1.165) is 24.1 Å². The van der Waals surface area contributed by atoms with Crippen LogP contribution in [0.5, 0.6) is 0 Å². The van der Waals surface area contributed by atoms with Crippen molar-refractivity contribution in [3.05, 3.63) is 65.2 Å². The smallest absolute Gasteiger partial charge is 0.341 e. The molecule has 2 aromatic carbocycles. The van der Waals surface area contributed by atoms with E-state index in [1.54, 1.807) is 12.1 Å². The number of carbonyl (C=O) groups is 2. The first kappa shape index (κ1) is 19.6. The molecule has 138 valence electrons. The van der Waals surface area contributed by atoms with Crippen LogP contribution in [0.15, 0.2) is 42.5 Å². The summed E-state index contributed by atoms with van der Waals surface area (Å²) in [4.78, 5) is 24.3. The highest BCUT2D eigenvalue weighted by molar-refractivity contribution is 5.97. The molecule has 0 bridgehead atoms. The molecule has 1 N–H and O–H groups in total. The van der Waals surface area contributed by atoms with Crippen LogP contribution in [0.1, 0.15) is 49.0 Å². The molecule has 0 heterocycles.